The molecule has 2 fully saturated rings. The van der Waals surface area contributed by atoms with Crippen molar-refractivity contribution in [3.63, 3.8) is 0 Å². The third-order valence-corrected chi connectivity index (χ3v) is 8.11. The molecule has 0 saturated carbocycles. The summed E-state index contributed by atoms with van der Waals surface area (Å²) in [5, 5.41) is 7.93. The number of thioether (sulfide) groups is 1. The number of carbonyl (C=O) groups excluding carboxylic acids is 3. The van der Waals surface area contributed by atoms with Crippen molar-refractivity contribution in [2.24, 2.45) is 5.16 Å². The van der Waals surface area contributed by atoms with Crippen molar-refractivity contribution in [1.82, 2.24) is 15.2 Å². The van der Waals surface area contributed by atoms with Gasteiger partial charge in [-0.25, -0.2) is 9.78 Å². The Hall–Kier alpha value is -2.35. The van der Waals surface area contributed by atoms with Gasteiger partial charge in [0.25, 0.3) is 11.8 Å². The van der Waals surface area contributed by atoms with Gasteiger partial charge < -0.3 is 37.5 Å². The second-order valence-corrected chi connectivity index (χ2v) is 10.4. The smallest absolute Gasteiger partial charge is 0.355 e. The summed E-state index contributed by atoms with van der Waals surface area (Å²) in [6, 6.07) is -0.807. The molecule has 0 aromatic carbocycles. The number of methoxy groups -OCH3 is 1. The Bertz CT molecular complexity index is 1040. The number of hydrogen-bond donors (Lipinski definition) is 2. The number of nitrogens with one attached hydrogen (secondary N) is 1. The summed E-state index contributed by atoms with van der Waals surface area (Å²) in [6.07, 6.45) is 2.31. The summed E-state index contributed by atoms with van der Waals surface area (Å²) >= 11 is 2.69. The zero-order valence-electron chi connectivity index (χ0n) is 19.1. The Kier molecular flexibility index (Phi) is 8.11. The van der Waals surface area contributed by atoms with Crippen LogP contribution in [0.3, 0.4) is 0 Å². The minimum Gasteiger partial charge on any atom is -1.00 e. The first-order valence-electron chi connectivity index (χ1n) is 10.5. The van der Waals surface area contributed by atoms with E-state index in [4.69, 9.17) is 15.3 Å². The van der Waals surface area contributed by atoms with Gasteiger partial charge in [-0.15, -0.1) is 23.1 Å². The molecule has 3 aliphatic rings. The number of thiazole rings is 1. The third kappa shape index (κ3) is 4.88. The number of hydrogen-bond acceptors (Lipinski definition) is 10. The minimum absolute atomic E-state index is 0. The van der Waals surface area contributed by atoms with Gasteiger partial charge in [-0.1, -0.05) is 5.16 Å². The largest absolute Gasteiger partial charge is 1.00 e. The molecule has 34 heavy (non-hydrogen) atoms. The predicted molar refractivity (Wildman–Crippen MR) is 124 cm³/mol. The van der Waals surface area contributed by atoms with Gasteiger partial charge in [-0.2, -0.15) is 0 Å². The molecule has 4 heterocycles. The summed E-state index contributed by atoms with van der Waals surface area (Å²) in [5.41, 5.74) is 7.06. The van der Waals surface area contributed by atoms with E-state index in [1.165, 1.54) is 30.9 Å². The molecule has 1 aromatic heterocycles. The zero-order chi connectivity index (χ0) is 23.8. The lowest BCUT2D eigenvalue weighted by Gasteiger charge is -2.50. The van der Waals surface area contributed by atoms with E-state index in [0.29, 0.717) is 18.0 Å². The SMILES string of the molecule is CO/N=C(\C(=O)N[C@@H]1C(=O)N2C(C(=O)OC)=C(C[N+]3(C)CCCC3)CS[C@H]12)c1csc(N)n1.[Cl-]. The van der Waals surface area contributed by atoms with Crippen LogP contribution in [0, 0.1) is 0 Å². The molecule has 4 rings (SSSR count). The van der Waals surface area contributed by atoms with Gasteiger partial charge in [-0.05, 0) is 0 Å². The van der Waals surface area contributed by atoms with E-state index in [-0.39, 0.29) is 34.9 Å². The number of quaternary nitrogens is 1. The van der Waals surface area contributed by atoms with Crippen LogP contribution in [-0.4, -0.2) is 95.9 Å². The number of likely N-dealkylation sites (N-methyl/N-ethyl adjacent to an activating group) is 1. The van der Waals surface area contributed by atoms with Crippen molar-refractivity contribution in [2.75, 3.05) is 52.4 Å². The van der Waals surface area contributed by atoms with Gasteiger partial charge in [0.05, 0.1) is 27.2 Å². The molecule has 1 aromatic rings. The Morgan fingerprint density at radius 1 is 1.35 bits per heavy atom. The fourth-order valence-electron chi connectivity index (χ4n) is 4.51. The number of nitrogens with two attached hydrogens (primary N) is 1. The number of carbonyl (C=O) groups is 3. The van der Waals surface area contributed by atoms with Crippen LogP contribution in [0.15, 0.2) is 21.8 Å². The second kappa shape index (κ2) is 10.5. The van der Waals surface area contributed by atoms with Gasteiger partial charge in [0.15, 0.2) is 10.8 Å². The quantitative estimate of drug-likeness (QED) is 0.126. The van der Waals surface area contributed by atoms with Gasteiger partial charge in [0.2, 0.25) is 0 Å². The van der Waals surface area contributed by atoms with E-state index >= 15 is 0 Å². The molecule has 0 bridgehead atoms. The fraction of sp³-hybridized carbons (Fsp3) is 0.550. The van der Waals surface area contributed by atoms with Crippen LogP contribution in [0.4, 0.5) is 5.13 Å². The number of fused-ring (bicyclic) bond motifs is 1. The predicted octanol–water partition coefficient (Wildman–Crippen LogP) is -2.85. The zero-order valence-corrected chi connectivity index (χ0v) is 21.5. The number of amides is 2. The number of halogens is 1. The first-order chi connectivity index (χ1) is 15.8. The van der Waals surface area contributed by atoms with E-state index in [9.17, 15) is 14.4 Å². The molecule has 3 aliphatic heterocycles. The highest BCUT2D eigenvalue weighted by Crippen LogP contribution is 2.41. The first-order valence-corrected chi connectivity index (χ1v) is 12.4. The maximum Gasteiger partial charge on any atom is 0.355 e. The number of ether oxygens (including phenoxy) is 1. The first kappa shape index (κ1) is 26.3. The van der Waals surface area contributed by atoms with Crippen LogP contribution < -0.4 is 23.5 Å². The van der Waals surface area contributed by atoms with Gasteiger partial charge in [0.1, 0.15) is 36.5 Å². The molecule has 2 atom stereocenters. The number of esters is 1. The average molecular weight is 531 g/mol. The number of likely N-dealkylation sites (tertiary alicyclic amines) is 1. The summed E-state index contributed by atoms with van der Waals surface area (Å²) in [7, 11) is 4.80. The number of nitrogen functional groups attached to an aromatic ring is 1. The molecular weight excluding hydrogens is 504 g/mol. The highest BCUT2D eigenvalue weighted by molar-refractivity contribution is 8.00. The molecule has 3 N–H and O–H groups in total. The maximum absolute atomic E-state index is 13.1. The molecule has 11 nitrogen and oxygen atoms in total. The molecule has 186 valence electrons. The van der Waals surface area contributed by atoms with Crippen LogP contribution >= 0.6 is 23.1 Å². The number of aromatic nitrogens is 1. The molecule has 0 aliphatic carbocycles. The van der Waals surface area contributed by atoms with Crippen LogP contribution in [0.1, 0.15) is 18.5 Å². The maximum atomic E-state index is 13.1. The van der Waals surface area contributed by atoms with E-state index in [0.717, 1.165) is 47.3 Å². The number of rotatable bonds is 7. The van der Waals surface area contributed by atoms with E-state index in [2.05, 4.69) is 22.5 Å². The Morgan fingerprint density at radius 3 is 2.65 bits per heavy atom. The van der Waals surface area contributed by atoms with Crippen molar-refractivity contribution in [1.29, 1.82) is 0 Å². The van der Waals surface area contributed by atoms with Crippen LogP contribution in [-0.2, 0) is 24.0 Å². The summed E-state index contributed by atoms with van der Waals surface area (Å²) in [5.74, 6) is -0.915. The molecule has 0 radical (unpaired) electrons. The van der Waals surface area contributed by atoms with Crippen LogP contribution in [0.2, 0.25) is 0 Å². The number of oxime groups is 1. The van der Waals surface area contributed by atoms with E-state index in [1.54, 1.807) is 5.38 Å². The van der Waals surface area contributed by atoms with E-state index in [1.807, 2.05) is 0 Å². The van der Waals surface area contributed by atoms with Crippen LogP contribution in [0.25, 0.3) is 0 Å². The Morgan fingerprint density at radius 2 is 2.06 bits per heavy atom. The minimum atomic E-state index is -0.807. The number of β-lactam (4-membered cyclic amide) rings is 1. The van der Waals surface area contributed by atoms with E-state index < -0.39 is 23.3 Å². The molecule has 0 unspecified atom stereocenters. The topological polar surface area (TPSA) is 136 Å². The lowest BCUT2D eigenvalue weighted by atomic mass is 10.0. The van der Waals surface area contributed by atoms with Crippen molar-refractivity contribution < 1.29 is 40.8 Å². The van der Waals surface area contributed by atoms with Crippen molar-refractivity contribution in [3.8, 4) is 0 Å². The van der Waals surface area contributed by atoms with Crippen molar-refractivity contribution in [2.45, 2.75) is 24.3 Å². The van der Waals surface area contributed by atoms with Gasteiger partial charge in [-0.3, -0.25) is 14.5 Å². The molecule has 2 amide bonds. The number of anilines is 1. The summed E-state index contributed by atoms with van der Waals surface area (Å²) in [6.45, 7) is 2.78. The Labute approximate surface area is 211 Å². The van der Waals surface area contributed by atoms with Gasteiger partial charge in [0, 0.05) is 29.5 Å². The Balaban J connectivity index is 0.00000324. The highest BCUT2D eigenvalue weighted by Gasteiger charge is 2.55. The van der Waals surface area contributed by atoms with Gasteiger partial charge >= 0.3 is 5.97 Å². The second-order valence-electron chi connectivity index (χ2n) is 8.43. The lowest BCUT2D eigenvalue weighted by molar-refractivity contribution is -0.893. The van der Waals surface area contributed by atoms with Crippen LogP contribution in [0.5, 0.6) is 0 Å². The summed E-state index contributed by atoms with van der Waals surface area (Å²) < 4.78 is 5.86. The highest BCUT2D eigenvalue weighted by atomic mass is 35.5. The lowest BCUT2D eigenvalue weighted by Crippen LogP contribution is -3.00. The standard InChI is InChI=1S/C20H26N6O5S2.ClH/c1-26(6-4-5-7-26)8-11-9-32-18-14(17(28)25(18)15(11)19(29)30-2)23-16(27)13(24-31-3)12-10-33-20(21)22-12;/h10,14,18H,4-9H2,1-3H3,(H2-,21,22,23,27);1H/b24-13-;/t14-,18-;/m1./s1. The molecule has 14 heteroatoms. The van der Waals surface area contributed by atoms with Crippen molar-refractivity contribution >= 4 is 51.7 Å². The third-order valence-electron chi connectivity index (χ3n) is 6.09. The molecule has 0 spiro atoms. The normalized spacial score (nSPS) is 23.6. The average Bonchev–Trinajstić information content (AvgIpc) is 3.42. The molecular formula is C20H27ClN6O5S2. The molecule has 2 saturated heterocycles. The fourth-order valence-corrected chi connectivity index (χ4v) is 6.39. The summed E-state index contributed by atoms with van der Waals surface area (Å²) in [4.78, 5) is 49.0. The van der Waals surface area contributed by atoms with Crippen molar-refractivity contribution in [3.05, 3.63) is 22.3 Å². The monoisotopic (exact) mass is 530 g/mol. The number of nitrogens with zero attached hydrogens (tertiary/aromatic N) is 4.